The molecule has 0 amide bonds. The van der Waals surface area contributed by atoms with Gasteiger partial charge in [-0.3, -0.25) is 4.79 Å². The maximum atomic E-state index is 11.7. The molecule has 0 saturated carbocycles. The molecule has 0 aromatic carbocycles. The molecule has 0 radical (unpaired) electrons. The molecule has 0 heterocycles. The Labute approximate surface area is 95.0 Å². The van der Waals surface area contributed by atoms with Gasteiger partial charge in [0.1, 0.15) is 0 Å². The second-order valence-corrected chi connectivity index (χ2v) is 6.70. The molecule has 15 heavy (non-hydrogen) atoms. The fourth-order valence-electron chi connectivity index (χ4n) is 2.35. The quantitative estimate of drug-likeness (QED) is 0.618. The number of carbonyl (C=O) groups excluding carboxylic acids is 1. The maximum absolute atomic E-state index is 11.7. The fraction of sp³-hybridized carbons (Fsp3) is 0.786. The summed E-state index contributed by atoms with van der Waals surface area (Å²) in [5.74, 6) is 0.212. The van der Waals surface area contributed by atoms with Crippen molar-refractivity contribution < 1.29 is 4.79 Å². The third kappa shape index (κ3) is 5.15. The van der Waals surface area contributed by atoms with Crippen LogP contribution in [0.1, 0.15) is 61.8 Å². The lowest BCUT2D eigenvalue weighted by Crippen LogP contribution is -2.19. The van der Waals surface area contributed by atoms with Crippen LogP contribution < -0.4 is 0 Å². The average molecular weight is 210 g/mol. The molecule has 1 nitrogen and oxygen atoms in total. The molecule has 0 bridgehead atoms. The van der Waals surface area contributed by atoms with Gasteiger partial charge in [0.25, 0.3) is 0 Å². The Balaban J connectivity index is 5.22. The predicted octanol–water partition coefficient (Wildman–Crippen LogP) is 4.37. The molecular weight excluding hydrogens is 184 g/mol. The van der Waals surface area contributed by atoms with Crippen LogP contribution in [0.15, 0.2) is 11.1 Å². The van der Waals surface area contributed by atoms with Crippen molar-refractivity contribution in [3.8, 4) is 0 Å². The lowest BCUT2D eigenvalue weighted by molar-refractivity contribution is -0.114. The highest BCUT2D eigenvalue weighted by Crippen LogP contribution is 2.33. The van der Waals surface area contributed by atoms with Crippen LogP contribution in [0.3, 0.4) is 0 Å². The first-order valence-electron chi connectivity index (χ1n) is 5.66. The third-order valence-corrected chi connectivity index (χ3v) is 2.32. The van der Waals surface area contributed by atoms with Gasteiger partial charge in [-0.2, -0.15) is 0 Å². The first kappa shape index (κ1) is 14.4. The molecule has 0 saturated heterocycles. The Hall–Kier alpha value is -0.590. The summed E-state index contributed by atoms with van der Waals surface area (Å²) in [6, 6.07) is 0. The zero-order valence-corrected chi connectivity index (χ0v) is 11.6. The molecule has 0 aromatic rings. The molecule has 0 spiro atoms. The highest BCUT2D eigenvalue weighted by Gasteiger charge is 2.25. The van der Waals surface area contributed by atoms with Gasteiger partial charge in [-0.05, 0) is 36.7 Å². The lowest BCUT2D eigenvalue weighted by Gasteiger charge is -2.27. The third-order valence-electron chi connectivity index (χ3n) is 2.32. The van der Waals surface area contributed by atoms with Gasteiger partial charge in [0, 0.05) is 0 Å². The number of Topliss-reactive ketones (excluding diaryl/α,β-unsaturated/α-hetero) is 1. The molecule has 0 N–H and O–H groups in total. The highest BCUT2D eigenvalue weighted by molar-refractivity contribution is 5.95. The minimum Gasteiger partial charge on any atom is -0.295 e. The molecule has 0 aliphatic rings. The summed E-state index contributed by atoms with van der Waals surface area (Å²) in [6.45, 7) is 16.7. The van der Waals surface area contributed by atoms with Gasteiger partial charge in [-0.15, -0.1) is 0 Å². The van der Waals surface area contributed by atoms with Gasteiger partial charge in [0.15, 0.2) is 5.78 Å². The van der Waals surface area contributed by atoms with Crippen molar-refractivity contribution in [2.24, 2.45) is 10.8 Å². The van der Waals surface area contributed by atoms with Gasteiger partial charge in [0.05, 0.1) is 0 Å². The van der Waals surface area contributed by atoms with Gasteiger partial charge < -0.3 is 0 Å². The zero-order valence-electron chi connectivity index (χ0n) is 11.6. The van der Waals surface area contributed by atoms with Crippen molar-refractivity contribution >= 4 is 5.78 Å². The van der Waals surface area contributed by atoms with E-state index in [0.29, 0.717) is 0 Å². The Bertz CT molecular complexity index is 269. The summed E-state index contributed by atoms with van der Waals surface area (Å²) in [5.41, 5.74) is 2.44. The molecule has 0 aliphatic heterocycles. The van der Waals surface area contributed by atoms with Crippen molar-refractivity contribution in [2.75, 3.05) is 0 Å². The monoisotopic (exact) mass is 210 g/mol. The Kier molecular flexibility index (Phi) is 4.33. The van der Waals surface area contributed by atoms with E-state index in [1.54, 1.807) is 6.92 Å². The normalized spacial score (nSPS) is 14.9. The Morgan fingerprint density at radius 1 is 0.933 bits per heavy atom. The first-order chi connectivity index (χ1) is 6.45. The standard InChI is InChI=1S/C14H26O/c1-10(9-13(3,4)5)12(11(2)15)14(6,7)8/h9H2,1-8H3/b12-10-. The van der Waals surface area contributed by atoms with E-state index in [1.807, 2.05) is 0 Å². The second-order valence-electron chi connectivity index (χ2n) is 6.70. The lowest BCUT2D eigenvalue weighted by atomic mass is 9.77. The number of allylic oxidation sites excluding steroid dienone is 2. The SMILES string of the molecule is CC(=O)/C(=C(\C)CC(C)(C)C)C(C)(C)C. The van der Waals surface area contributed by atoms with Gasteiger partial charge in [0.2, 0.25) is 0 Å². The van der Waals surface area contributed by atoms with Crippen LogP contribution in [-0.2, 0) is 4.79 Å². The van der Waals surface area contributed by atoms with Gasteiger partial charge >= 0.3 is 0 Å². The molecule has 0 fully saturated rings. The number of ketones is 1. The summed E-state index contributed by atoms with van der Waals surface area (Å²) in [6.07, 6.45) is 0.985. The minimum absolute atomic E-state index is 0.0405. The van der Waals surface area contributed by atoms with E-state index < -0.39 is 0 Å². The summed E-state index contributed by atoms with van der Waals surface area (Å²) in [4.78, 5) is 11.7. The topological polar surface area (TPSA) is 17.1 Å². The summed E-state index contributed by atoms with van der Waals surface area (Å²) in [7, 11) is 0. The Morgan fingerprint density at radius 3 is 1.53 bits per heavy atom. The molecule has 88 valence electrons. The van der Waals surface area contributed by atoms with E-state index in [9.17, 15) is 4.79 Å². The second kappa shape index (κ2) is 4.51. The van der Waals surface area contributed by atoms with Crippen LogP contribution in [-0.4, -0.2) is 5.78 Å². The molecule has 1 heteroatoms. The Morgan fingerprint density at radius 2 is 1.33 bits per heavy atom. The van der Waals surface area contributed by atoms with Crippen LogP contribution in [0.4, 0.5) is 0 Å². The summed E-state index contributed by atoms with van der Waals surface area (Å²) >= 11 is 0. The minimum atomic E-state index is -0.0405. The highest BCUT2D eigenvalue weighted by atomic mass is 16.1. The molecule has 0 atom stereocenters. The number of rotatable bonds is 2. The van der Waals surface area contributed by atoms with Crippen molar-refractivity contribution in [1.29, 1.82) is 0 Å². The van der Waals surface area contributed by atoms with Crippen LogP contribution in [0.25, 0.3) is 0 Å². The van der Waals surface area contributed by atoms with Crippen LogP contribution in [0, 0.1) is 10.8 Å². The number of hydrogen-bond acceptors (Lipinski definition) is 1. The molecule has 0 unspecified atom stereocenters. The van der Waals surface area contributed by atoms with E-state index in [4.69, 9.17) is 0 Å². The first-order valence-corrected chi connectivity index (χ1v) is 5.66. The van der Waals surface area contributed by atoms with E-state index in [1.165, 1.54) is 5.57 Å². The van der Waals surface area contributed by atoms with Crippen LogP contribution in [0.5, 0.6) is 0 Å². The largest absolute Gasteiger partial charge is 0.295 e. The number of hydrogen-bond donors (Lipinski definition) is 0. The van der Waals surface area contributed by atoms with Crippen molar-refractivity contribution in [2.45, 2.75) is 61.8 Å². The van der Waals surface area contributed by atoms with Crippen molar-refractivity contribution in [1.82, 2.24) is 0 Å². The van der Waals surface area contributed by atoms with E-state index >= 15 is 0 Å². The van der Waals surface area contributed by atoms with Gasteiger partial charge in [-0.25, -0.2) is 0 Å². The molecule has 0 aliphatic carbocycles. The van der Waals surface area contributed by atoms with E-state index in [0.717, 1.165) is 12.0 Å². The molecule has 0 rings (SSSR count). The van der Waals surface area contributed by atoms with Crippen molar-refractivity contribution in [3.63, 3.8) is 0 Å². The van der Waals surface area contributed by atoms with E-state index in [2.05, 4.69) is 48.5 Å². The van der Waals surface area contributed by atoms with Crippen LogP contribution in [0.2, 0.25) is 0 Å². The fourth-order valence-corrected chi connectivity index (χ4v) is 2.35. The van der Waals surface area contributed by atoms with E-state index in [-0.39, 0.29) is 16.6 Å². The molecule has 0 aromatic heterocycles. The zero-order chi connectivity index (χ0) is 12.4. The smallest absolute Gasteiger partial charge is 0.156 e. The summed E-state index contributed by atoms with van der Waals surface area (Å²) in [5, 5.41) is 0. The van der Waals surface area contributed by atoms with Gasteiger partial charge in [-0.1, -0.05) is 47.1 Å². The number of carbonyl (C=O) groups is 1. The summed E-state index contributed by atoms with van der Waals surface area (Å²) < 4.78 is 0. The van der Waals surface area contributed by atoms with Crippen molar-refractivity contribution in [3.05, 3.63) is 11.1 Å². The molecular formula is C14H26O. The van der Waals surface area contributed by atoms with Crippen LogP contribution >= 0.6 is 0 Å². The maximum Gasteiger partial charge on any atom is 0.156 e. The average Bonchev–Trinajstić information content (AvgIpc) is 1.74. The predicted molar refractivity (Wildman–Crippen MR) is 66.9 cm³/mol.